The first kappa shape index (κ1) is 27.8. The lowest BCUT2D eigenvalue weighted by Crippen LogP contribution is -2.16. The number of nitrogens with one attached hydrogen (secondary N) is 1. The summed E-state index contributed by atoms with van der Waals surface area (Å²) in [6.07, 6.45) is -1.27. The monoisotopic (exact) mass is 528 g/mol. The molecule has 7 nitrogen and oxygen atoms in total. The molecule has 1 amide bonds. The molecule has 0 fully saturated rings. The van der Waals surface area contributed by atoms with Crippen molar-refractivity contribution in [3.63, 3.8) is 0 Å². The summed E-state index contributed by atoms with van der Waals surface area (Å²) in [4.78, 5) is 25.6. The zero-order chi connectivity index (χ0) is 26.4. The van der Waals surface area contributed by atoms with Crippen molar-refractivity contribution in [1.29, 1.82) is 0 Å². The normalized spacial score (nSPS) is 11.2. The fraction of sp³-hybridized carbons (Fsp3) is 0.174. The molecule has 0 aliphatic carbocycles. The second-order valence-corrected chi connectivity index (χ2v) is 9.49. The maximum absolute atomic E-state index is 13.2. The Morgan fingerprint density at radius 2 is 1.69 bits per heavy atom. The first-order chi connectivity index (χ1) is 16.2. The lowest BCUT2D eigenvalue weighted by atomic mass is 10.0. The van der Waals surface area contributed by atoms with Gasteiger partial charge in [-0.2, -0.15) is 13.2 Å². The van der Waals surface area contributed by atoms with Crippen LogP contribution in [0.1, 0.15) is 22.8 Å². The van der Waals surface area contributed by atoms with Gasteiger partial charge in [0, 0.05) is 41.1 Å². The molecule has 12 heteroatoms. The molecule has 2 aromatic carbocycles. The molecular formula is C23H20ClF3N2O5S. The molecule has 0 bridgehead atoms. The number of esters is 1. The minimum atomic E-state index is -4.83. The number of methoxy groups -OCH3 is 1. The van der Waals surface area contributed by atoms with Gasteiger partial charge in [-0.3, -0.25) is 14.6 Å². The fourth-order valence-electron chi connectivity index (χ4n) is 2.71. The molecule has 0 aliphatic heterocycles. The Morgan fingerprint density at radius 3 is 2.23 bits per heavy atom. The third-order valence-corrected chi connectivity index (χ3v) is 5.87. The highest BCUT2D eigenvalue weighted by molar-refractivity contribution is 7.90. The molecule has 1 N–H and O–H groups in total. The number of alkyl halides is 3. The van der Waals surface area contributed by atoms with Crippen molar-refractivity contribution < 1.29 is 35.9 Å². The lowest BCUT2D eigenvalue weighted by molar-refractivity contribution is -0.138. The van der Waals surface area contributed by atoms with Crippen LogP contribution >= 0.6 is 11.6 Å². The number of rotatable bonds is 4. The van der Waals surface area contributed by atoms with E-state index in [-0.39, 0.29) is 11.7 Å². The quantitative estimate of drug-likeness (QED) is 0.464. The third kappa shape index (κ3) is 7.79. The zero-order valence-corrected chi connectivity index (χ0v) is 20.3. The number of ether oxygens (including phenoxy) is 1. The van der Waals surface area contributed by atoms with E-state index in [1.807, 2.05) is 0 Å². The number of hydrogen-bond donors (Lipinski definition) is 1. The van der Waals surface area contributed by atoms with Crippen molar-refractivity contribution in [1.82, 2.24) is 4.98 Å². The molecule has 3 aromatic rings. The summed E-state index contributed by atoms with van der Waals surface area (Å²) in [7, 11) is -2.63. The summed E-state index contributed by atoms with van der Waals surface area (Å²) in [6.45, 7) is 1.36. The smallest absolute Gasteiger partial charge is 0.416 e. The lowest BCUT2D eigenvalue weighted by Gasteiger charge is -2.14. The van der Waals surface area contributed by atoms with Gasteiger partial charge >= 0.3 is 12.1 Å². The van der Waals surface area contributed by atoms with Crippen LogP contribution in [0.3, 0.4) is 0 Å². The topological polar surface area (TPSA) is 102 Å². The van der Waals surface area contributed by atoms with E-state index in [1.165, 1.54) is 26.4 Å². The van der Waals surface area contributed by atoms with E-state index >= 15 is 0 Å². The van der Waals surface area contributed by atoms with E-state index in [1.54, 1.807) is 30.3 Å². The molecular weight excluding hydrogens is 509 g/mol. The van der Waals surface area contributed by atoms with Crippen LogP contribution in [0.2, 0.25) is 5.02 Å². The zero-order valence-electron chi connectivity index (χ0n) is 18.7. The van der Waals surface area contributed by atoms with Crippen LogP contribution in [0, 0.1) is 0 Å². The maximum Gasteiger partial charge on any atom is 0.416 e. The Bertz CT molecular complexity index is 1340. The molecule has 0 saturated carbocycles. The number of hydrogen-bond acceptors (Lipinski definition) is 6. The average molecular weight is 529 g/mol. The van der Waals surface area contributed by atoms with Gasteiger partial charge in [-0.25, -0.2) is 8.42 Å². The predicted octanol–water partition coefficient (Wildman–Crippen LogP) is 5.26. The molecule has 35 heavy (non-hydrogen) atoms. The first-order valence-electron chi connectivity index (χ1n) is 9.71. The van der Waals surface area contributed by atoms with E-state index in [2.05, 4.69) is 15.0 Å². The van der Waals surface area contributed by atoms with Crippen LogP contribution in [0.15, 0.2) is 65.8 Å². The van der Waals surface area contributed by atoms with E-state index in [0.717, 1.165) is 12.3 Å². The summed E-state index contributed by atoms with van der Waals surface area (Å²) in [5.74, 6) is -1.17. The van der Waals surface area contributed by atoms with Gasteiger partial charge < -0.3 is 10.1 Å². The Balaban J connectivity index is 0.000000784. The minimum absolute atomic E-state index is 0.203. The number of halogens is 4. The van der Waals surface area contributed by atoms with Gasteiger partial charge in [-0.1, -0.05) is 29.8 Å². The van der Waals surface area contributed by atoms with Gasteiger partial charge in [0.25, 0.3) is 5.91 Å². The van der Waals surface area contributed by atoms with Gasteiger partial charge in [0.2, 0.25) is 0 Å². The molecule has 0 aliphatic rings. The number of amides is 1. The summed E-state index contributed by atoms with van der Waals surface area (Å²) in [5.41, 5.74) is -0.418. The molecule has 1 heterocycles. The number of carbonyl (C=O) groups is 2. The molecule has 0 atom stereocenters. The van der Waals surface area contributed by atoms with Crippen molar-refractivity contribution in [2.24, 2.45) is 0 Å². The second kappa shape index (κ2) is 11.3. The number of carbonyl (C=O) groups excluding carboxylic acids is 2. The summed E-state index contributed by atoms with van der Waals surface area (Å²) in [6, 6.07) is 10.4. The summed E-state index contributed by atoms with van der Waals surface area (Å²) in [5, 5.41) is 2.89. The molecule has 0 unspecified atom stereocenters. The molecule has 186 valence electrons. The van der Waals surface area contributed by atoms with Gasteiger partial charge in [0.05, 0.1) is 29.5 Å². The van der Waals surface area contributed by atoms with Gasteiger partial charge in [0.15, 0.2) is 9.84 Å². The van der Waals surface area contributed by atoms with Crippen LogP contribution in [-0.4, -0.2) is 38.6 Å². The van der Waals surface area contributed by atoms with Crippen LogP contribution in [-0.2, 0) is 25.5 Å². The average Bonchev–Trinajstić information content (AvgIpc) is 2.79. The highest BCUT2D eigenvalue weighted by Gasteiger charge is 2.33. The van der Waals surface area contributed by atoms with Crippen LogP contribution in [0.5, 0.6) is 0 Å². The summed E-state index contributed by atoms with van der Waals surface area (Å²) < 4.78 is 67.3. The molecule has 1 aromatic heterocycles. The highest BCUT2D eigenvalue weighted by atomic mass is 35.5. The van der Waals surface area contributed by atoms with Gasteiger partial charge in [0.1, 0.15) is 0 Å². The number of benzene rings is 2. The van der Waals surface area contributed by atoms with E-state index in [0.29, 0.717) is 28.3 Å². The molecule has 0 saturated heterocycles. The maximum atomic E-state index is 13.2. The standard InChI is InChI=1S/C20H14ClF3N2O3S.C3H6O2/c1-30(28,29)14-9-12(8-13(10-14)20(22,23)24)19(27)26-18-11-25-7-6-16(18)15-4-2-3-5-17(15)21;1-3(4)5-2/h2-11H,1H3,(H,26,27);1-2H3. The van der Waals surface area contributed by atoms with Crippen LogP contribution < -0.4 is 5.32 Å². The summed E-state index contributed by atoms with van der Waals surface area (Å²) >= 11 is 6.20. The van der Waals surface area contributed by atoms with Crippen molar-refractivity contribution in [3.05, 3.63) is 77.1 Å². The Labute approximate surface area is 204 Å². The van der Waals surface area contributed by atoms with E-state index in [4.69, 9.17) is 11.6 Å². The number of pyridine rings is 1. The molecule has 0 radical (unpaired) electrons. The number of aromatic nitrogens is 1. The Hall–Kier alpha value is -3.44. The van der Waals surface area contributed by atoms with Crippen molar-refractivity contribution in [2.45, 2.75) is 18.0 Å². The number of anilines is 1. The van der Waals surface area contributed by atoms with Crippen molar-refractivity contribution in [2.75, 3.05) is 18.7 Å². The SMILES string of the molecule is COC(C)=O.CS(=O)(=O)c1cc(C(=O)Nc2cnccc2-c2ccccc2Cl)cc(C(F)(F)F)c1. The fourth-order valence-corrected chi connectivity index (χ4v) is 3.63. The van der Waals surface area contributed by atoms with E-state index < -0.39 is 37.9 Å². The van der Waals surface area contributed by atoms with Crippen LogP contribution in [0.25, 0.3) is 11.1 Å². The van der Waals surface area contributed by atoms with Crippen molar-refractivity contribution >= 4 is 39.0 Å². The molecule has 0 spiro atoms. The Kier molecular flexibility index (Phi) is 9.00. The predicted molar refractivity (Wildman–Crippen MR) is 125 cm³/mol. The van der Waals surface area contributed by atoms with Crippen LogP contribution in [0.4, 0.5) is 18.9 Å². The van der Waals surface area contributed by atoms with Gasteiger partial charge in [-0.05, 0) is 30.3 Å². The van der Waals surface area contributed by atoms with Crippen molar-refractivity contribution in [3.8, 4) is 11.1 Å². The van der Waals surface area contributed by atoms with E-state index in [9.17, 15) is 31.2 Å². The Morgan fingerprint density at radius 1 is 1.06 bits per heavy atom. The second-order valence-electron chi connectivity index (χ2n) is 7.07. The highest BCUT2D eigenvalue weighted by Crippen LogP contribution is 2.34. The van der Waals surface area contributed by atoms with Gasteiger partial charge in [-0.15, -0.1) is 0 Å². The first-order valence-corrected chi connectivity index (χ1v) is 12.0. The minimum Gasteiger partial charge on any atom is -0.469 e. The number of nitrogens with zero attached hydrogens (tertiary/aromatic N) is 1. The largest absolute Gasteiger partial charge is 0.469 e. The molecule has 3 rings (SSSR count). The number of sulfone groups is 1. The third-order valence-electron chi connectivity index (χ3n) is 4.44.